The van der Waals surface area contributed by atoms with E-state index in [1.165, 1.54) is 6.07 Å². The number of ether oxygens (including phenoxy) is 1. The van der Waals surface area contributed by atoms with E-state index in [0.717, 1.165) is 25.2 Å². The molecule has 3 nitrogen and oxygen atoms in total. The van der Waals surface area contributed by atoms with E-state index in [2.05, 4.69) is 16.6 Å². The molecule has 0 bridgehead atoms. The molecule has 0 saturated carbocycles. The SMILES string of the molecule is CC1CN(Cc2cccc(OC(F)F)c2)CC1N. The van der Waals surface area contributed by atoms with Crippen molar-refractivity contribution in [1.29, 1.82) is 0 Å². The predicted octanol–water partition coefficient (Wildman–Crippen LogP) is 2.07. The van der Waals surface area contributed by atoms with Crippen LogP contribution in [0, 0.1) is 5.92 Å². The minimum Gasteiger partial charge on any atom is -0.435 e. The highest BCUT2D eigenvalue weighted by molar-refractivity contribution is 5.28. The summed E-state index contributed by atoms with van der Waals surface area (Å²) in [4.78, 5) is 2.23. The summed E-state index contributed by atoms with van der Waals surface area (Å²) >= 11 is 0. The van der Waals surface area contributed by atoms with Crippen LogP contribution in [0.15, 0.2) is 24.3 Å². The maximum Gasteiger partial charge on any atom is 0.387 e. The van der Waals surface area contributed by atoms with E-state index in [0.29, 0.717) is 5.92 Å². The van der Waals surface area contributed by atoms with Gasteiger partial charge in [0.1, 0.15) is 5.75 Å². The molecule has 1 aliphatic rings. The second kappa shape index (κ2) is 5.63. The Balaban J connectivity index is 1.97. The van der Waals surface area contributed by atoms with Crippen molar-refractivity contribution in [1.82, 2.24) is 4.90 Å². The van der Waals surface area contributed by atoms with E-state index < -0.39 is 6.61 Å². The molecule has 0 aliphatic carbocycles. The number of rotatable bonds is 4. The van der Waals surface area contributed by atoms with Crippen molar-refractivity contribution in [2.45, 2.75) is 26.1 Å². The minimum absolute atomic E-state index is 0.200. The standard InChI is InChI=1S/C13H18F2N2O/c1-9-6-17(8-12(9)16)7-10-3-2-4-11(5-10)18-13(14)15/h2-5,9,12-13H,6-8,16H2,1H3. The molecule has 18 heavy (non-hydrogen) atoms. The van der Waals surface area contributed by atoms with Gasteiger partial charge in [0, 0.05) is 25.7 Å². The normalized spacial score (nSPS) is 24.7. The third-order valence-electron chi connectivity index (χ3n) is 3.28. The molecule has 1 saturated heterocycles. The van der Waals surface area contributed by atoms with Crippen molar-refractivity contribution in [3.63, 3.8) is 0 Å². The highest BCUT2D eigenvalue weighted by Gasteiger charge is 2.26. The summed E-state index contributed by atoms with van der Waals surface area (Å²) in [5.41, 5.74) is 6.92. The van der Waals surface area contributed by atoms with Crippen molar-refractivity contribution in [2.75, 3.05) is 13.1 Å². The third-order valence-corrected chi connectivity index (χ3v) is 3.28. The first-order valence-electron chi connectivity index (χ1n) is 6.06. The van der Waals surface area contributed by atoms with Gasteiger partial charge in [0.2, 0.25) is 0 Å². The maximum absolute atomic E-state index is 12.1. The van der Waals surface area contributed by atoms with Gasteiger partial charge in [-0.15, -0.1) is 0 Å². The Labute approximate surface area is 106 Å². The van der Waals surface area contributed by atoms with Crippen LogP contribution in [-0.4, -0.2) is 30.6 Å². The first-order valence-corrected chi connectivity index (χ1v) is 6.06. The van der Waals surface area contributed by atoms with Crippen molar-refractivity contribution >= 4 is 0 Å². The van der Waals surface area contributed by atoms with Gasteiger partial charge < -0.3 is 10.5 Å². The zero-order chi connectivity index (χ0) is 13.1. The summed E-state index contributed by atoms with van der Waals surface area (Å²) in [6, 6.07) is 7.03. The fourth-order valence-electron chi connectivity index (χ4n) is 2.30. The van der Waals surface area contributed by atoms with Crippen LogP contribution < -0.4 is 10.5 Å². The third kappa shape index (κ3) is 3.40. The van der Waals surface area contributed by atoms with Crippen LogP contribution in [0.5, 0.6) is 5.75 Å². The number of likely N-dealkylation sites (tertiary alicyclic amines) is 1. The van der Waals surface area contributed by atoms with Crippen LogP contribution in [0.25, 0.3) is 0 Å². The lowest BCUT2D eigenvalue weighted by atomic mass is 10.1. The number of hydrogen-bond donors (Lipinski definition) is 1. The van der Waals surface area contributed by atoms with Crippen LogP contribution in [0.3, 0.4) is 0 Å². The lowest BCUT2D eigenvalue weighted by Crippen LogP contribution is -2.28. The van der Waals surface area contributed by atoms with Gasteiger partial charge in [0.05, 0.1) is 0 Å². The van der Waals surface area contributed by atoms with Gasteiger partial charge in [0.25, 0.3) is 0 Å². The number of nitrogens with zero attached hydrogens (tertiary/aromatic N) is 1. The van der Waals surface area contributed by atoms with Crippen LogP contribution in [-0.2, 0) is 6.54 Å². The minimum atomic E-state index is -2.78. The highest BCUT2D eigenvalue weighted by Crippen LogP contribution is 2.20. The lowest BCUT2D eigenvalue weighted by molar-refractivity contribution is -0.0499. The Bertz CT molecular complexity index is 390. The Morgan fingerprint density at radius 2 is 2.22 bits per heavy atom. The molecule has 2 N–H and O–H groups in total. The summed E-state index contributed by atoms with van der Waals surface area (Å²) in [7, 11) is 0. The fraction of sp³-hybridized carbons (Fsp3) is 0.538. The highest BCUT2D eigenvalue weighted by atomic mass is 19.3. The van der Waals surface area contributed by atoms with Crippen LogP contribution in [0.2, 0.25) is 0 Å². The van der Waals surface area contributed by atoms with E-state index in [1.54, 1.807) is 12.1 Å². The second-order valence-corrected chi connectivity index (χ2v) is 4.86. The van der Waals surface area contributed by atoms with Crippen molar-refractivity contribution in [3.8, 4) is 5.75 Å². The molecule has 1 heterocycles. The first-order chi connectivity index (χ1) is 8.54. The summed E-state index contributed by atoms with van der Waals surface area (Å²) in [5.74, 6) is 0.685. The van der Waals surface area contributed by atoms with E-state index >= 15 is 0 Å². The fourth-order valence-corrected chi connectivity index (χ4v) is 2.30. The maximum atomic E-state index is 12.1. The number of hydrogen-bond acceptors (Lipinski definition) is 3. The molecule has 0 spiro atoms. The topological polar surface area (TPSA) is 38.5 Å². The average Bonchev–Trinajstić information content (AvgIpc) is 2.57. The zero-order valence-electron chi connectivity index (χ0n) is 10.4. The molecule has 0 aromatic heterocycles. The van der Waals surface area contributed by atoms with Gasteiger partial charge in [-0.1, -0.05) is 19.1 Å². The van der Waals surface area contributed by atoms with Crippen LogP contribution in [0.4, 0.5) is 8.78 Å². The molecule has 1 aromatic rings. The smallest absolute Gasteiger partial charge is 0.387 e. The molecule has 0 radical (unpaired) electrons. The van der Waals surface area contributed by atoms with Crippen LogP contribution in [0.1, 0.15) is 12.5 Å². The molecule has 2 rings (SSSR count). The monoisotopic (exact) mass is 256 g/mol. The molecule has 1 aliphatic heterocycles. The van der Waals surface area contributed by atoms with E-state index in [-0.39, 0.29) is 11.8 Å². The Kier molecular flexibility index (Phi) is 4.14. The second-order valence-electron chi connectivity index (χ2n) is 4.86. The molecule has 2 unspecified atom stereocenters. The molecule has 2 atom stereocenters. The van der Waals surface area contributed by atoms with Crippen molar-refractivity contribution in [3.05, 3.63) is 29.8 Å². The molecule has 1 fully saturated rings. The van der Waals surface area contributed by atoms with Crippen molar-refractivity contribution in [2.24, 2.45) is 11.7 Å². The van der Waals surface area contributed by atoms with Crippen LogP contribution >= 0.6 is 0 Å². The van der Waals surface area contributed by atoms with Gasteiger partial charge in [0.15, 0.2) is 0 Å². The largest absolute Gasteiger partial charge is 0.435 e. The number of benzene rings is 1. The van der Waals surface area contributed by atoms with Crippen molar-refractivity contribution < 1.29 is 13.5 Å². The summed E-state index contributed by atoms with van der Waals surface area (Å²) < 4.78 is 28.6. The first kappa shape index (κ1) is 13.2. The molecule has 5 heteroatoms. The summed E-state index contributed by atoms with van der Waals surface area (Å²) in [6.07, 6.45) is 0. The van der Waals surface area contributed by atoms with Gasteiger partial charge in [-0.25, -0.2) is 0 Å². The Hall–Kier alpha value is -1.20. The number of halogens is 2. The number of alkyl halides is 2. The quantitative estimate of drug-likeness (QED) is 0.896. The average molecular weight is 256 g/mol. The molecule has 0 amide bonds. The van der Waals surface area contributed by atoms with E-state index in [9.17, 15) is 8.78 Å². The van der Waals surface area contributed by atoms with Gasteiger partial charge >= 0.3 is 6.61 Å². The summed E-state index contributed by atoms with van der Waals surface area (Å²) in [6.45, 7) is 1.86. The molecular weight excluding hydrogens is 238 g/mol. The van der Waals surface area contributed by atoms with E-state index in [1.807, 2.05) is 6.07 Å². The van der Waals surface area contributed by atoms with Gasteiger partial charge in [-0.05, 0) is 23.6 Å². The number of nitrogens with two attached hydrogens (primary N) is 1. The molecule has 100 valence electrons. The molecule has 1 aromatic carbocycles. The zero-order valence-corrected chi connectivity index (χ0v) is 10.4. The summed E-state index contributed by atoms with van der Waals surface area (Å²) in [5, 5.41) is 0. The van der Waals surface area contributed by atoms with Gasteiger partial charge in [-0.2, -0.15) is 8.78 Å². The lowest BCUT2D eigenvalue weighted by Gasteiger charge is -2.15. The Morgan fingerprint density at radius 1 is 1.44 bits per heavy atom. The molecular formula is C13H18F2N2O. The van der Waals surface area contributed by atoms with E-state index in [4.69, 9.17) is 5.73 Å². The Morgan fingerprint density at radius 3 is 2.83 bits per heavy atom. The van der Waals surface area contributed by atoms with Gasteiger partial charge in [-0.3, -0.25) is 4.90 Å². The predicted molar refractivity (Wildman–Crippen MR) is 65.5 cm³/mol.